The fourth-order valence-corrected chi connectivity index (χ4v) is 4.19. The standard InChI is InChI=1S/C28H28N4O3/c33-28(24-7-9-25(10-8-24)31-15-14-30-21-31)32(19-27-4-2-16-34-27)18-22-5-11-26(12-6-22)35-20-23-3-1-13-29-17-23/h1,3,5-15,17,21,27H,2,4,16,18-20H2/t27-/m0/s1. The lowest BCUT2D eigenvalue weighted by atomic mass is 10.1. The number of hydrogen-bond donors (Lipinski definition) is 0. The summed E-state index contributed by atoms with van der Waals surface area (Å²) < 4.78 is 13.6. The summed E-state index contributed by atoms with van der Waals surface area (Å²) in [4.78, 5) is 23.6. The highest BCUT2D eigenvalue weighted by atomic mass is 16.5. The predicted molar refractivity (Wildman–Crippen MR) is 132 cm³/mol. The molecule has 1 atom stereocenters. The van der Waals surface area contributed by atoms with Crippen LogP contribution in [-0.2, 0) is 17.9 Å². The van der Waals surface area contributed by atoms with Gasteiger partial charge in [-0.3, -0.25) is 9.78 Å². The Hall–Kier alpha value is -3.97. The van der Waals surface area contributed by atoms with Gasteiger partial charge in [0.2, 0.25) is 0 Å². The van der Waals surface area contributed by atoms with Gasteiger partial charge >= 0.3 is 0 Å². The molecule has 1 amide bonds. The maximum atomic E-state index is 13.5. The zero-order valence-corrected chi connectivity index (χ0v) is 19.5. The van der Waals surface area contributed by atoms with E-state index in [1.165, 1.54) is 0 Å². The molecule has 0 radical (unpaired) electrons. The van der Waals surface area contributed by atoms with Gasteiger partial charge in [0, 0.05) is 61.3 Å². The summed E-state index contributed by atoms with van der Waals surface area (Å²) in [5.41, 5.74) is 3.68. The Labute approximate surface area is 205 Å². The number of rotatable bonds is 9. The van der Waals surface area contributed by atoms with Gasteiger partial charge in [-0.1, -0.05) is 18.2 Å². The van der Waals surface area contributed by atoms with E-state index in [9.17, 15) is 4.79 Å². The molecule has 2 aromatic heterocycles. The molecule has 1 aliphatic heterocycles. The Morgan fingerprint density at radius 3 is 2.57 bits per heavy atom. The minimum absolute atomic E-state index is 0.00501. The summed E-state index contributed by atoms with van der Waals surface area (Å²) in [5, 5.41) is 0. The van der Waals surface area contributed by atoms with E-state index in [1.807, 2.05) is 76.3 Å². The molecule has 0 N–H and O–H groups in total. The first kappa shape index (κ1) is 22.8. The van der Waals surface area contributed by atoms with Crippen LogP contribution < -0.4 is 4.74 Å². The average Bonchev–Trinajstić information content (AvgIpc) is 3.63. The SMILES string of the molecule is O=C(c1ccc(-n2ccnc2)cc1)N(Cc1ccc(OCc2cccnc2)cc1)C[C@@H]1CCCO1. The van der Waals surface area contributed by atoms with Crippen molar-refractivity contribution in [3.63, 3.8) is 0 Å². The number of pyridine rings is 1. The van der Waals surface area contributed by atoms with E-state index in [4.69, 9.17) is 9.47 Å². The van der Waals surface area contributed by atoms with Crippen molar-refractivity contribution in [2.75, 3.05) is 13.2 Å². The van der Waals surface area contributed by atoms with Crippen molar-refractivity contribution in [3.8, 4) is 11.4 Å². The van der Waals surface area contributed by atoms with E-state index in [0.29, 0.717) is 25.3 Å². The van der Waals surface area contributed by atoms with Crippen LogP contribution in [0.2, 0.25) is 0 Å². The highest BCUT2D eigenvalue weighted by Crippen LogP contribution is 2.20. The molecule has 1 saturated heterocycles. The predicted octanol–water partition coefficient (Wildman–Crippen LogP) is 4.67. The van der Waals surface area contributed by atoms with E-state index in [-0.39, 0.29) is 12.0 Å². The van der Waals surface area contributed by atoms with Crippen molar-refractivity contribution in [2.24, 2.45) is 0 Å². The van der Waals surface area contributed by atoms with E-state index >= 15 is 0 Å². The molecule has 3 heterocycles. The summed E-state index contributed by atoms with van der Waals surface area (Å²) in [7, 11) is 0. The second-order valence-corrected chi connectivity index (χ2v) is 8.63. The van der Waals surface area contributed by atoms with Gasteiger partial charge in [0.1, 0.15) is 12.4 Å². The van der Waals surface area contributed by atoms with Gasteiger partial charge in [-0.15, -0.1) is 0 Å². The van der Waals surface area contributed by atoms with Crippen LogP contribution >= 0.6 is 0 Å². The number of carbonyl (C=O) groups is 1. The van der Waals surface area contributed by atoms with Gasteiger partial charge in [-0.05, 0) is 60.9 Å². The van der Waals surface area contributed by atoms with E-state index in [1.54, 1.807) is 24.9 Å². The number of imidazole rings is 1. The molecule has 0 unspecified atom stereocenters. The van der Waals surface area contributed by atoms with Crippen LogP contribution in [0.1, 0.15) is 34.3 Å². The molecule has 7 nitrogen and oxygen atoms in total. The lowest BCUT2D eigenvalue weighted by Crippen LogP contribution is -2.37. The summed E-state index contributed by atoms with van der Waals surface area (Å²) in [6.45, 7) is 2.30. The third kappa shape index (κ3) is 5.94. The van der Waals surface area contributed by atoms with Crippen LogP contribution in [0.15, 0.2) is 91.8 Å². The summed E-state index contributed by atoms with van der Waals surface area (Å²) in [6, 6.07) is 19.4. The Morgan fingerprint density at radius 1 is 1.03 bits per heavy atom. The zero-order chi connectivity index (χ0) is 23.9. The Morgan fingerprint density at radius 2 is 1.89 bits per heavy atom. The van der Waals surface area contributed by atoms with Crippen molar-refractivity contribution in [3.05, 3.63) is 108 Å². The van der Waals surface area contributed by atoms with E-state index in [2.05, 4.69) is 9.97 Å². The third-order valence-electron chi connectivity index (χ3n) is 6.08. The highest BCUT2D eigenvalue weighted by molar-refractivity contribution is 5.94. The summed E-state index contributed by atoms with van der Waals surface area (Å²) in [6.07, 6.45) is 11.0. The van der Waals surface area contributed by atoms with Gasteiger partial charge in [0.05, 0.1) is 12.4 Å². The molecule has 178 valence electrons. The first-order chi connectivity index (χ1) is 17.2. The molecule has 0 saturated carbocycles. The van der Waals surface area contributed by atoms with Crippen LogP contribution in [-0.4, -0.2) is 44.6 Å². The molecule has 2 aromatic carbocycles. The van der Waals surface area contributed by atoms with Gasteiger partial charge in [0.15, 0.2) is 0 Å². The molecule has 1 fully saturated rings. The van der Waals surface area contributed by atoms with Gasteiger partial charge in [-0.2, -0.15) is 0 Å². The largest absolute Gasteiger partial charge is 0.489 e. The zero-order valence-electron chi connectivity index (χ0n) is 19.5. The second kappa shape index (κ2) is 11.0. The fraction of sp³-hybridized carbons (Fsp3) is 0.250. The van der Waals surface area contributed by atoms with Gasteiger partial charge in [0.25, 0.3) is 5.91 Å². The monoisotopic (exact) mass is 468 g/mol. The van der Waals surface area contributed by atoms with Crippen LogP contribution in [0.3, 0.4) is 0 Å². The fourth-order valence-electron chi connectivity index (χ4n) is 4.19. The first-order valence-electron chi connectivity index (χ1n) is 11.8. The van der Waals surface area contributed by atoms with Crippen LogP contribution in [0.4, 0.5) is 0 Å². The number of carbonyl (C=O) groups excluding carboxylic acids is 1. The molecular weight excluding hydrogens is 440 g/mol. The minimum atomic E-state index is -0.00501. The second-order valence-electron chi connectivity index (χ2n) is 8.63. The maximum absolute atomic E-state index is 13.5. The number of nitrogens with zero attached hydrogens (tertiary/aromatic N) is 4. The molecular formula is C28H28N4O3. The number of benzene rings is 2. The highest BCUT2D eigenvalue weighted by Gasteiger charge is 2.24. The molecule has 0 spiro atoms. The van der Waals surface area contributed by atoms with Gasteiger partial charge < -0.3 is 18.9 Å². The normalized spacial score (nSPS) is 15.1. The maximum Gasteiger partial charge on any atom is 0.254 e. The van der Waals surface area contributed by atoms with E-state index < -0.39 is 0 Å². The molecule has 4 aromatic rings. The Bertz CT molecular complexity index is 1200. The lowest BCUT2D eigenvalue weighted by molar-refractivity contribution is 0.0507. The van der Waals surface area contributed by atoms with Crippen LogP contribution in [0.25, 0.3) is 5.69 Å². The first-order valence-corrected chi connectivity index (χ1v) is 11.8. The van der Waals surface area contributed by atoms with Crippen molar-refractivity contribution in [2.45, 2.75) is 32.1 Å². The molecule has 35 heavy (non-hydrogen) atoms. The van der Waals surface area contributed by atoms with E-state index in [0.717, 1.165) is 42.0 Å². The topological polar surface area (TPSA) is 69.5 Å². The summed E-state index contributed by atoms with van der Waals surface area (Å²) >= 11 is 0. The minimum Gasteiger partial charge on any atom is -0.489 e. The van der Waals surface area contributed by atoms with Crippen molar-refractivity contribution < 1.29 is 14.3 Å². The quantitative estimate of drug-likeness (QED) is 0.357. The van der Waals surface area contributed by atoms with Crippen molar-refractivity contribution >= 4 is 5.91 Å². The van der Waals surface area contributed by atoms with Gasteiger partial charge in [-0.25, -0.2) is 4.98 Å². The smallest absolute Gasteiger partial charge is 0.254 e. The number of hydrogen-bond acceptors (Lipinski definition) is 5. The molecule has 0 aliphatic carbocycles. The number of amides is 1. The Balaban J connectivity index is 1.27. The summed E-state index contributed by atoms with van der Waals surface area (Å²) in [5.74, 6) is 0.777. The molecule has 0 bridgehead atoms. The van der Waals surface area contributed by atoms with Crippen LogP contribution in [0, 0.1) is 0 Å². The number of ether oxygens (including phenoxy) is 2. The van der Waals surface area contributed by atoms with Crippen molar-refractivity contribution in [1.29, 1.82) is 0 Å². The lowest BCUT2D eigenvalue weighted by Gasteiger charge is -2.26. The van der Waals surface area contributed by atoms with Crippen molar-refractivity contribution in [1.82, 2.24) is 19.4 Å². The Kier molecular flexibility index (Phi) is 7.15. The number of aromatic nitrogens is 3. The van der Waals surface area contributed by atoms with Crippen LogP contribution in [0.5, 0.6) is 5.75 Å². The molecule has 5 rings (SSSR count). The molecule has 7 heteroatoms. The molecule has 1 aliphatic rings. The third-order valence-corrected chi connectivity index (χ3v) is 6.08. The average molecular weight is 469 g/mol.